The zero-order valence-corrected chi connectivity index (χ0v) is 11.5. The van der Waals surface area contributed by atoms with Crippen molar-refractivity contribution < 1.29 is 4.39 Å². The molecule has 0 aliphatic heterocycles. The van der Waals surface area contributed by atoms with Crippen molar-refractivity contribution in [1.29, 1.82) is 0 Å². The van der Waals surface area contributed by atoms with E-state index < -0.39 is 0 Å². The van der Waals surface area contributed by atoms with Crippen LogP contribution in [0.15, 0.2) is 29.8 Å². The summed E-state index contributed by atoms with van der Waals surface area (Å²) in [5.74, 6) is 0.549. The smallest absolute Gasteiger partial charge is 0.123 e. The Labute approximate surface area is 111 Å². The van der Waals surface area contributed by atoms with Crippen LogP contribution >= 0.6 is 15.9 Å². The van der Waals surface area contributed by atoms with E-state index in [2.05, 4.69) is 22.0 Å². The minimum absolute atomic E-state index is 0.166. The van der Waals surface area contributed by atoms with E-state index in [-0.39, 0.29) is 5.82 Å². The van der Waals surface area contributed by atoms with Gasteiger partial charge < -0.3 is 0 Å². The van der Waals surface area contributed by atoms with Crippen molar-refractivity contribution in [2.45, 2.75) is 32.1 Å². The SMILES string of the molecule is Fc1ccc(C=C(CBr)C2CCCCC2)cc1. The lowest BCUT2D eigenvalue weighted by Crippen LogP contribution is -2.10. The van der Waals surface area contributed by atoms with Crippen molar-refractivity contribution in [3.8, 4) is 0 Å². The summed E-state index contributed by atoms with van der Waals surface area (Å²) >= 11 is 3.58. The van der Waals surface area contributed by atoms with Crippen LogP contribution in [-0.4, -0.2) is 5.33 Å². The molecule has 0 heterocycles. The van der Waals surface area contributed by atoms with Gasteiger partial charge in [-0.2, -0.15) is 0 Å². The highest BCUT2D eigenvalue weighted by Crippen LogP contribution is 2.31. The standard InChI is InChI=1S/C15H18BrF/c16-11-14(13-4-2-1-3-5-13)10-12-6-8-15(17)9-7-12/h6-10,13H,1-5,11H2. The fourth-order valence-corrected chi connectivity index (χ4v) is 3.13. The van der Waals surface area contributed by atoms with Gasteiger partial charge >= 0.3 is 0 Å². The van der Waals surface area contributed by atoms with Gasteiger partial charge in [-0.05, 0) is 36.5 Å². The van der Waals surface area contributed by atoms with E-state index in [4.69, 9.17) is 0 Å². The maximum absolute atomic E-state index is 12.8. The molecule has 1 aliphatic carbocycles. The highest BCUT2D eigenvalue weighted by atomic mass is 79.9. The van der Waals surface area contributed by atoms with Gasteiger partial charge in [-0.15, -0.1) is 0 Å². The minimum atomic E-state index is -0.166. The molecule has 0 saturated heterocycles. The summed E-state index contributed by atoms with van der Waals surface area (Å²) in [6, 6.07) is 6.75. The van der Waals surface area contributed by atoms with Gasteiger partial charge in [0, 0.05) is 5.33 Å². The van der Waals surface area contributed by atoms with Crippen LogP contribution in [-0.2, 0) is 0 Å². The van der Waals surface area contributed by atoms with Crippen molar-refractivity contribution in [3.05, 3.63) is 41.2 Å². The van der Waals surface area contributed by atoms with E-state index in [1.54, 1.807) is 0 Å². The van der Waals surface area contributed by atoms with Crippen LogP contribution in [0.3, 0.4) is 0 Å². The third-order valence-electron chi connectivity index (χ3n) is 3.51. The summed E-state index contributed by atoms with van der Waals surface area (Å²) in [5.41, 5.74) is 2.56. The molecule has 0 bridgehead atoms. The van der Waals surface area contributed by atoms with Crippen LogP contribution < -0.4 is 0 Å². The Morgan fingerprint density at radius 2 is 1.82 bits per heavy atom. The summed E-state index contributed by atoms with van der Waals surface area (Å²) in [7, 11) is 0. The second-order valence-electron chi connectivity index (χ2n) is 4.74. The molecule has 92 valence electrons. The van der Waals surface area contributed by atoms with Crippen LogP contribution in [0.4, 0.5) is 4.39 Å². The normalized spacial score (nSPS) is 18.4. The van der Waals surface area contributed by atoms with Gasteiger partial charge in [0.1, 0.15) is 5.82 Å². The molecule has 1 aromatic rings. The summed E-state index contributed by atoms with van der Waals surface area (Å²) in [4.78, 5) is 0. The lowest BCUT2D eigenvalue weighted by Gasteiger charge is -2.23. The molecule has 0 unspecified atom stereocenters. The minimum Gasteiger partial charge on any atom is -0.207 e. The number of hydrogen-bond acceptors (Lipinski definition) is 0. The van der Waals surface area contributed by atoms with Crippen LogP contribution in [0, 0.1) is 11.7 Å². The molecule has 1 saturated carbocycles. The first kappa shape index (κ1) is 12.8. The number of allylic oxidation sites excluding steroid dienone is 1. The molecule has 1 fully saturated rings. The first-order valence-electron chi connectivity index (χ1n) is 6.31. The van der Waals surface area contributed by atoms with E-state index in [1.165, 1.54) is 49.8 Å². The van der Waals surface area contributed by atoms with E-state index in [0.717, 1.165) is 10.9 Å². The van der Waals surface area contributed by atoms with E-state index in [1.807, 2.05) is 12.1 Å². The third kappa shape index (κ3) is 3.67. The van der Waals surface area contributed by atoms with Crippen molar-refractivity contribution >= 4 is 22.0 Å². The lowest BCUT2D eigenvalue weighted by atomic mass is 9.84. The van der Waals surface area contributed by atoms with E-state index in [0.29, 0.717) is 5.92 Å². The molecule has 2 heteroatoms. The molecule has 17 heavy (non-hydrogen) atoms. The van der Waals surface area contributed by atoms with Crippen molar-refractivity contribution in [2.24, 2.45) is 5.92 Å². The average molecular weight is 297 g/mol. The first-order valence-corrected chi connectivity index (χ1v) is 7.44. The van der Waals surface area contributed by atoms with Gasteiger partial charge in [0.15, 0.2) is 0 Å². The predicted octanol–water partition coefficient (Wildman–Crippen LogP) is 5.18. The molecule has 1 aliphatic rings. The van der Waals surface area contributed by atoms with Gasteiger partial charge in [0.25, 0.3) is 0 Å². The van der Waals surface area contributed by atoms with E-state index >= 15 is 0 Å². The highest BCUT2D eigenvalue weighted by Gasteiger charge is 2.16. The first-order chi connectivity index (χ1) is 8.29. The summed E-state index contributed by atoms with van der Waals surface area (Å²) in [6.07, 6.45) is 8.89. The average Bonchev–Trinajstić information content (AvgIpc) is 2.39. The monoisotopic (exact) mass is 296 g/mol. The Bertz CT molecular complexity index is 374. The molecular formula is C15H18BrF. The fraction of sp³-hybridized carbons (Fsp3) is 0.467. The quantitative estimate of drug-likeness (QED) is 0.674. The Hall–Kier alpha value is -0.630. The largest absolute Gasteiger partial charge is 0.207 e. The molecule has 1 aromatic carbocycles. The number of alkyl halides is 1. The van der Waals surface area contributed by atoms with E-state index in [9.17, 15) is 4.39 Å². The van der Waals surface area contributed by atoms with Gasteiger partial charge in [-0.25, -0.2) is 4.39 Å². The third-order valence-corrected chi connectivity index (χ3v) is 4.15. The van der Waals surface area contributed by atoms with Gasteiger partial charge in [0.05, 0.1) is 0 Å². The zero-order valence-electron chi connectivity index (χ0n) is 9.96. The second kappa shape index (κ2) is 6.34. The molecule has 0 aromatic heterocycles. The maximum Gasteiger partial charge on any atom is 0.123 e. The number of benzene rings is 1. The number of rotatable bonds is 3. The topological polar surface area (TPSA) is 0 Å². The lowest BCUT2D eigenvalue weighted by molar-refractivity contribution is 0.405. The molecule has 0 N–H and O–H groups in total. The van der Waals surface area contributed by atoms with Crippen LogP contribution in [0.2, 0.25) is 0 Å². The van der Waals surface area contributed by atoms with Crippen LogP contribution in [0.25, 0.3) is 6.08 Å². The number of halogens is 2. The summed E-state index contributed by atoms with van der Waals surface area (Å²) < 4.78 is 12.8. The molecule has 0 radical (unpaired) electrons. The Kier molecular flexibility index (Phi) is 4.78. The van der Waals surface area contributed by atoms with Gasteiger partial charge in [0.2, 0.25) is 0 Å². The Balaban J connectivity index is 2.13. The second-order valence-corrected chi connectivity index (χ2v) is 5.30. The van der Waals surface area contributed by atoms with Crippen LogP contribution in [0.1, 0.15) is 37.7 Å². The highest BCUT2D eigenvalue weighted by molar-refractivity contribution is 9.09. The molecule has 2 rings (SSSR count). The zero-order chi connectivity index (χ0) is 12.1. The molecule has 0 atom stereocenters. The van der Waals surface area contributed by atoms with Gasteiger partial charge in [-0.3, -0.25) is 0 Å². The van der Waals surface area contributed by atoms with Gasteiger partial charge in [-0.1, -0.05) is 59.0 Å². The molecular weight excluding hydrogens is 279 g/mol. The van der Waals surface area contributed by atoms with Crippen LogP contribution in [0.5, 0.6) is 0 Å². The Morgan fingerprint density at radius 3 is 2.41 bits per heavy atom. The molecule has 0 amide bonds. The van der Waals surface area contributed by atoms with Crippen molar-refractivity contribution in [3.63, 3.8) is 0 Å². The van der Waals surface area contributed by atoms with Crippen molar-refractivity contribution in [1.82, 2.24) is 0 Å². The maximum atomic E-state index is 12.8. The van der Waals surface area contributed by atoms with Crippen molar-refractivity contribution in [2.75, 3.05) is 5.33 Å². The number of hydrogen-bond donors (Lipinski definition) is 0. The molecule has 0 spiro atoms. The summed E-state index contributed by atoms with van der Waals surface area (Å²) in [6.45, 7) is 0. The Morgan fingerprint density at radius 1 is 1.18 bits per heavy atom. The molecule has 0 nitrogen and oxygen atoms in total. The fourth-order valence-electron chi connectivity index (χ4n) is 2.51. The summed E-state index contributed by atoms with van der Waals surface area (Å²) in [5, 5.41) is 0.926. The predicted molar refractivity (Wildman–Crippen MR) is 74.7 cm³/mol.